The Morgan fingerprint density at radius 3 is 2.38 bits per heavy atom. The van der Waals surface area contributed by atoms with Crippen LogP contribution in [0.25, 0.3) is 0 Å². The van der Waals surface area contributed by atoms with Gasteiger partial charge in [0, 0.05) is 0 Å². The summed E-state index contributed by atoms with van der Waals surface area (Å²) in [5.74, 6) is -2.42. The fourth-order valence-electron chi connectivity index (χ4n) is 0.511. The first-order valence-corrected chi connectivity index (χ1v) is 5.13. The molecule has 0 aromatic rings. The molecule has 0 saturated heterocycles. The van der Waals surface area contributed by atoms with Crippen molar-refractivity contribution in [1.82, 2.24) is 0 Å². The molecule has 92 valence electrons. The molecule has 16 heavy (non-hydrogen) atoms. The first kappa shape index (κ1) is 15.2. The number of esters is 2. The minimum atomic E-state index is -1.48. The van der Waals surface area contributed by atoms with Crippen LogP contribution in [0.3, 0.4) is 0 Å². The van der Waals surface area contributed by atoms with Crippen LogP contribution in [-0.2, 0) is 23.8 Å². The van der Waals surface area contributed by atoms with E-state index in [1.54, 1.807) is 0 Å². The van der Waals surface area contributed by atoms with Crippen molar-refractivity contribution in [3.63, 3.8) is 0 Å². The van der Waals surface area contributed by atoms with Crippen LogP contribution in [0, 0.1) is 0 Å². The lowest BCUT2D eigenvalue weighted by Gasteiger charge is -2.08. The van der Waals surface area contributed by atoms with Gasteiger partial charge in [0.05, 0.1) is 19.0 Å². The molecule has 0 rings (SSSR count). The molecule has 0 heterocycles. The Balaban J connectivity index is 3.94. The zero-order chi connectivity index (χ0) is 12.6. The number of thiol groups is 2. The van der Waals surface area contributed by atoms with Gasteiger partial charge in [-0.3, -0.25) is 4.79 Å². The quantitative estimate of drug-likeness (QED) is 0.265. The number of hydrogen-bond acceptors (Lipinski definition) is 9. The third-order valence-electron chi connectivity index (χ3n) is 1.08. The van der Waals surface area contributed by atoms with Crippen LogP contribution in [0.1, 0.15) is 0 Å². The predicted molar refractivity (Wildman–Crippen MR) is 57.2 cm³/mol. The van der Waals surface area contributed by atoms with Crippen molar-refractivity contribution in [3.05, 3.63) is 0 Å². The molecular formula is C7H10O7S2. The smallest absolute Gasteiger partial charge is 0.394 e. The van der Waals surface area contributed by atoms with Gasteiger partial charge >= 0.3 is 18.1 Å². The Hall–Kier alpha value is -0.770. The number of carbonyl (C=O) groups is 3. The van der Waals surface area contributed by atoms with Gasteiger partial charge in [-0.1, -0.05) is 0 Å². The van der Waals surface area contributed by atoms with Gasteiger partial charge in [-0.05, 0) is 0 Å². The summed E-state index contributed by atoms with van der Waals surface area (Å²) >= 11 is 7.16. The SMILES string of the molecule is O=C(CS)OC(=O)OC(=O)C(S)OCCO. The van der Waals surface area contributed by atoms with Crippen LogP contribution in [0.2, 0.25) is 0 Å². The highest BCUT2D eigenvalue weighted by molar-refractivity contribution is 7.81. The molecule has 0 saturated carbocycles. The molecule has 1 unspecified atom stereocenters. The normalized spacial score (nSPS) is 11.7. The minimum Gasteiger partial charge on any atom is -0.394 e. The molecule has 0 aliphatic rings. The topological polar surface area (TPSA) is 99.1 Å². The van der Waals surface area contributed by atoms with Crippen LogP contribution in [0.5, 0.6) is 0 Å². The van der Waals surface area contributed by atoms with Crippen molar-refractivity contribution in [2.45, 2.75) is 5.44 Å². The lowest BCUT2D eigenvalue weighted by Crippen LogP contribution is -2.26. The summed E-state index contributed by atoms with van der Waals surface area (Å²) < 4.78 is 12.6. The van der Waals surface area contributed by atoms with Gasteiger partial charge in [-0.15, -0.1) is 12.6 Å². The molecule has 0 aliphatic carbocycles. The number of aliphatic hydroxyl groups is 1. The minimum absolute atomic E-state index is 0.145. The number of ether oxygens (including phenoxy) is 3. The fourth-order valence-corrected chi connectivity index (χ4v) is 0.734. The molecule has 1 N–H and O–H groups in total. The van der Waals surface area contributed by atoms with Gasteiger partial charge < -0.3 is 19.3 Å². The average Bonchev–Trinajstić information content (AvgIpc) is 2.25. The average molecular weight is 270 g/mol. The summed E-state index contributed by atoms with van der Waals surface area (Å²) in [4.78, 5) is 32.3. The first-order valence-electron chi connectivity index (χ1n) is 3.99. The molecule has 0 aromatic carbocycles. The van der Waals surface area contributed by atoms with Crippen molar-refractivity contribution in [2.75, 3.05) is 19.0 Å². The van der Waals surface area contributed by atoms with Crippen molar-refractivity contribution in [1.29, 1.82) is 0 Å². The fraction of sp³-hybridized carbons (Fsp3) is 0.571. The molecule has 0 aliphatic heterocycles. The molecule has 0 amide bonds. The zero-order valence-corrected chi connectivity index (χ0v) is 9.78. The van der Waals surface area contributed by atoms with Gasteiger partial charge in [-0.2, -0.15) is 12.6 Å². The van der Waals surface area contributed by atoms with E-state index in [0.717, 1.165) is 0 Å². The number of carbonyl (C=O) groups excluding carboxylic acids is 3. The van der Waals surface area contributed by atoms with Gasteiger partial charge in [-0.25, -0.2) is 9.59 Å². The van der Waals surface area contributed by atoms with E-state index in [0.29, 0.717) is 0 Å². The van der Waals surface area contributed by atoms with Crippen LogP contribution >= 0.6 is 25.3 Å². The van der Waals surface area contributed by atoms with Crippen LogP contribution in [-0.4, -0.2) is 47.6 Å². The second-order valence-corrected chi connectivity index (χ2v) is 3.04. The van der Waals surface area contributed by atoms with Crippen LogP contribution in [0.15, 0.2) is 0 Å². The third kappa shape index (κ3) is 6.67. The summed E-state index contributed by atoms with van der Waals surface area (Å²) in [7, 11) is 0. The molecule has 0 aromatic heterocycles. The van der Waals surface area contributed by atoms with Gasteiger partial charge in [0.25, 0.3) is 0 Å². The summed E-state index contributed by atoms with van der Waals surface area (Å²) in [6, 6.07) is 0. The van der Waals surface area contributed by atoms with Gasteiger partial charge in [0.2, 0.25) is 0 Å². The maximum atomic E-state index is 11.0. The Kier molecular flexibility index (Phi) is 7.99. The van der Waals surface area contributed by atoms with E-state index in [9.17, 15) is 14.4 Å². The van der Waals surface area contributed by atoms with E-state index in [-0.39, 0.29) is 19.0 Å². The first-order chi connectivity index (χ1) is 7.51. The van der Waals surface area contributed by atoms with E-state index < -0.39 is 23.5 Å². The largest absolute Gasteiger partial charge is 0.524 e. The Bertz CT molecular complexity index is 267. The molecule has 0 fully saturated rings. The van der Waals surface area contributed by atoms with E-state index in [4.69, 9.17) is 5.11 Å². The number of rotatable bonds is 5. The summed E-state index contributed by atoms with van der Waals surface area (Å²) in [6.45, 7) is -0.458. The van der Waals surface area contributed by atoms with Gasteiger partial charge in [0.1, 0.15) is 0 Å². The van der Waals surface area contributed by atoms with E-state index in [2.05, 4.69) is 39.5 Å². The molecule has 1 atom stereocenters. The third-order valence-corrected chi connectivity index (χ3v) is 1.70. The predicted octanol–water partition coefficient (Wildman–Crippen LogP) is -0.613. The molecule has 9 heteroatoms. The van der Waals surface area contributed by atoms with E-state index >= 15 is 0 Å². The highest BCUT2D eigenvalue weighted by Crippen LogP contribution is 2.02. The maximum absolute atomic E-state index is 11.0. The van der Waals surface area contributed by atoms with Crippen LogP contribution in [0.4, 0.5) is 4.79 Å². The van der Waals surface area contributed by atoms with Crippen molar-refractivity contribution in [2.24, 2.45) is 0 Å². The lowest BCUT2D eigenvalue weighted by atomic mass is 10.7. The van der Waals surface area contributed by atoms with E-state index in [1.165, 1.54) is 0 Å². The maximum Gasteiger partial charge on any atom is 0.524 e. The Morgan fingerprint density at radius 1 is 1.25 bits per heavy atom. The Labute approximate surface area is 102 Å². The highest BCUT2D eigenvalue weighted by atomic mass is 32.1. The molecule has 7 nitrogen and oxygen atoms in total. The van der Waals surface area contributed by atoms with Crippen molar-refractivity contribution in [3.8, 4) is 0 Å². The summed E-state index contributed by atoms with van der Waals surface area (Å²) in [5, 5.41) is 8.37. The zero-order valence-electron chi connectivity index (χ0n) is 7.99. The second kappa shape index (κ2) is 8.39. The van der Waals surface area contributed by atoms with Crippen molar-refractivity contribution >= 4 is 43.4 Å². The Morgan fingerprint density at radius 2 is 1.88 bits per heavy atom. The lowest BCUT2D eigenvalue weighted by molar-refractivity contribution is -0.150. The number of aliphatic hydroxyl groups excluding tert-OH is 1. The molecule has 0 radical (unpaired) electrons. The second-order valence-electron chi connectivity index (χ2n) is 2.25. The monoisotopic (exact) mass is 270 g/mol. The molecule has 0 spiro atoms. The molecule has 0 bridgehead atoms. The van der Waals surface area contributed by atoms with Crippen LogP contribution < -0.4 is 0 Å². The molecular weight excluding hydrogens is 260 g/mol. The summed E-state index contributed by atoms with van der Waals surface area (Å²) in [5.41, 5.74) is -1.34. The summed E-state index contributed by atoms with van der Waals surface area (Å²) in [6.07, 6.45) is -1.48. The highest BCUT2D eigenvalue weighted by Gasteiger charge is 2.22. The van der Waals surface area contributed by atoms with Gasteiger partial charge in [0.15, 0.2) is 5.44 Å². The van der Waals surface area contributed by atoms with Crippen molar-refractivity contribution < 1.29 is 33.7 Å². The number of hydrogen-bond donors (Lipinski definition) is 3. The van der Waals surface area contributed by atoms with E-state index in [1.807, 2.05) is 0 Å². The standard InChI is InChI=1S/C7H10O7S2/c8-1-2-12-6(16)5(10)14-7(11)13-4(9)3-15/h6,8,15-16H,1-3H2.